The van der Waals surface area contributed by atoms with E-state index >= 15 is 0 Å². The quantitative estimate of drug-likeness (QED) is 0.830. The molecule has 3 heteroatoms. The van der Waals surface area contributed by atoms with Crippen molar-refractivity contribution in [2.45, 2.75) is 51.4 Å². The Bertz CT molecular complexity index is 330. The van der Waals surface area contributed by atoms with Crippen LogP contribution in [0.5, 0.6) is 0 Å². The summed E-state index contributed by atoms with van der Waals surface area (Å²) in [5.41, 5.74) is 6.81. The molecule has 1 aliphatic carbocycles. The summed E-state index contributed by atoms with van der Waals surface area (Å²) in [5.74, 6) is 2.93. The fourth-order valence-electron chi connectivity index (χ4n) is 2.26. The van der Waals surface area contributed by atoms with Gasteiger partial charge in [0.05, 0.1) is 5.69 Å². The van der Waals surface area contributed by atoms with E-state index in [0.717, 1.165) is 31.0 Å². The van der Waals surface area contributed by atoms with Gasteiger partial charge in [0, 0.05) is 18.3 Å². The number of aryl methyl sites for hydroxylation is 1. The van der Waals surface area contributed by atoms with Crippen LogP contribution < -0.4 is 5.73 Å². The zero-order valence-electron chi connectivity index (χ0n) is 9.62. The first-order valence-corrected chi connectivity index (χ1v) is 5.92. The van der Waals surface area contributed by atoms with E-state index in [4.69, 9.17) is 10.2 Å². The molecule has 1 aromatic rings. The molecule has 1 atom stereocenters. The summed E-state index contributed by atoms with van der Waals surface area (Å²) >= 11 is 0. The van der Waals surface area contributed by atoms with Crippen LogP contribution in [-0.2, 0) is 6.42 Å². The Morgan fingerprint density at radius 3 is 3.00 bits per heavy atom. The van der Waals surface area contributed by atoms with Crippen LogP contribution in [0.25, 0.3) is 0 Å². The van der Waals surface area contributed by atoms with E-state index in [2.05, 4.69) is 18.8 Å². The zero-order valence-corrected chi connectivity index (χ0v) is 9.62. The van der Waals surface area contributed by atoms with Crippen molar-refractivity contribution in [2.24, 2.45) is 5.73 Å². The summed E-state index contributed by atoms with van der Waals surface area (Å²) in [6.45, 7) is 4.98. The fraction of sp³-hybridized carbons (Fsp3) is 0.750. The van der Waals surface area contributed by atoms with Gasteiger partial charge in [0.15, 0.2) is 5.89 Å². The maximum Gasteiger partial charge on any atom is 0.197 e. The predicted octanol–water partition coefficient (Wildman–Crippen LogP) is 2.57. The summed E-state index contributed by atoms with van der Waals surface area (Å²) in [6, 6.07) is 0. The third-order valence-corrected chi connectivity index (χ3v) is 3.10. The second-order valence-electron chi connectivity index (χ2n) is 4.68. The van der Waals surface area contributed by atoms with Gasteiger partial charge >= 0.3 is 0 Å². The molecule has 0 fully saturated rings. The van der Waals surface area contributed by atoms with Crippen LogP contribution in [-0.4, -0.2) is 11.5 Å². The van der Waals surface area contributed by atoms with E-state index in [9.17, 15) is 0 Å². The molecule has 3 nitrogen and oxygen atoms in total. The second-order valence-corrected chi connectivity index (χ2v) is 4.68. The molecule has 0 aromatic carbocycles. The van der Waals surface area contributed by atoms with Gasteiger partial charge in [-0.05, 0) is 25.8 Å². The number of nitrogens with two attached hydrogens (primary N) is 1. The maximum atomic E-state index is 5.79. The van der Waals surface area contributed by atoms with Crippen LogP contribution in [0.3, 0.4) is 0 Å². The number of fused-ring (bicyclic) bond motifs is 1. The van der Waals surface area contributed by atoms with Crippen LogP contribution in [0.15, 0.2) is 4.42 Å². The van der Waals surface area contributed by atoms with Crippen molar-refractivity contribution in [3.63, 3.8) is 0 Å². The largest absolute Gasteiger partial charge is 0.445 e. The topological polar surface area (TPSA) is 52.0 Å². The van der Waals surface area contributed by atoms with Gasteiger partial charge in [-0.1, -0.05) is 13.8 Å². The summed E-state index contributed by atoms with van der Waals surface area (Å²) in [6.07, 6.45) is 4.52. The first-order valence-electron chi connectivity index (χ1n) is 5.92. The SMILES string of the molecule is CC(C)c1nc2c(o1)CCCC2CCN. The third kappa shape index (κ3) is 2.07. The first kappa shape index (κ1) is 10.7. The van der Waals surface area contributed by atoms with E-state index in [0.29, 0.717) is 11.8 Å². The Labute approximate surface area is 91.1 Å². The van der Waals surface area contributed by atoms with Crippen molar-refractivity contribution >= 4 is 0 Å². The Balaban J connectivity index is 2.26. The van der Waals surface area contributed by atoms with Crippen LogP contribution in [0.2, 0.25) is 0 Å². The average Bonchev–Trinajstić information content (AvgIpc) is 2.63. The highest BCUT2D eigenvalue weighted by Crippen LogP contribution is 2.34. The Morgan fingerprint density at radius 1 is 1.53 bits per heavy atom. The number of oxazole rings is 1. The monoisotopic (exact) mass is 208 g/mol. The number of nitrogens with zero attached hydrogens (tertiary/aromatic N) is 1. The molecule has 0 radical (unpaired) electrons. The standard InChI is InChI=1S/C12H20N2O/c1-8(2)12-14-11-9(6-7-13)4-3-5-10(11)15-12/h8-9H,3-7,13H2,1-2H3. The van der Waals surface area contributed by atoms with Crippen molar-refractivity contribution < 1.29 is 4.42 Å². The van der Waals surface area contributed by atoms with Gasteiger partial charge in [0.1, 0.15) is 5.76 Å². The molecule has 2 N–H and O–H groups in total. The molecule has 0 amide bonds. The van der Waals surface area contributed by atoms with Crippen LogP contribution in [0.4, 0.5) is 0 Å². The number of rotatable bonds is 3. The van der Waals surface area contributed by atoms with Crippen LogP contribution in [0, 0.1) is 0 Å². The predicted molar refractivity (Wildman–Crippen MR) is 59.9 cm³/mol. The molecule has 0 saturated carbocycles. The Morgan fingerprint density at radius 2 is 2.33 bits per heavy atom. The molecule has 84 valence electrons. The lowest BCUT2D eigenvalue weighted by Gasteiger charge is -2.18. The van der Waals surface area contributed by atoms with Crippen molar-refractivity contribution in [1.29, 1.82) is 0 Å². The van der Waals surface area contributed by atoms with Crippen molar-refractivity contribution in [2.75, 3.05) is 6.54 Å². The fourth-order valence-corrected chi connectivity index (χ4v) is 2.26. The minimum atomic E-state index is 0.383. The van der Waals surface area contributed by atoms with Crippen molar-refractivity contribution in [3.8, 4) is 0 Å². The van der Waals surface area contributed by atoms with Gasteiger partial charge in [0.25, 0.3) is 0 Å². The smallest absolute Gasteiger partial charge is 0.197 e. The second kappa shape index (κ2) is 4.35. The molecule has 1 aliphatic rings. The molecule has 2 rings (SSSR count). The highest BCUT2D eigenvalue weighted by atomic mass is 16.4. The molecule has 1 aromatic heterocycles. The zero-order chi connectivity index (χ0) is 10.8. The summed E-state index contributed by atoms with van der Waals surface area (Å²) in [7, 11) is 0. The molecule has 15 heavy (non-hydrogen) atoms. The lowest BCUT2D eigenvalue weighted by molar-refractivity contribution is 0.409. The van der Waals surface area contributed by atoms with Gasteiger partial charge in [-0.15, -0.1) is 0 Å². The number of hydrogen-bond donors (Lipinski definition) is 1. The van der Waals surface area contributed by atoms with Gasteiger partial charge < -0.3 is 10.2 Å². The van der Waals surface area contributed by atoms with Gasteiger partial charge in [-0.2, -0.15) is 0 Å². The van der Waals surface area contributed by atoms with Gasteiger partial charge in [-0.25, -0.2) is 4.98 Å². The molecule has 1 unspecified atom stereocenters. The molecule has 0 spiro atoms. The van der Waals surface area contributed by atoms with E-state index in [1.54, 1.807) is 0 Å². The van der Waals surface area contributed by atoms with Crippen LogP contribution >= 0.6 is 0 Å². The van der Waals surface area contributed by atoms with Crippen molar-refractivity contribution in [1.82, 2.24) is 4.98 Å². The van der Waals surface area contributed by atoms with E-state index in [1.165, 1.54) is 18.5 Å². The first-order chi connectivity index (χ1) is 7.22. The van der Waals surface area contributed by atoms with Gasteiger partial charge in [-0.3, -0.25) is 0 Å². The van der Waals surface area contributed by atoms with E-state index < -0.39 is 0 Å². The lowest BCUT2D eigenvalue weighted by Crippen LogP contribution is -2.13. The molecule has 0 bridgehead atoms. The van der Waals surface area contributed by atoms with Crippen molar-refractivity contribution in [3.05, 3.63) is 17.3 Å². The van der Waals surface area contributed by atoms with E-state index in [-0.39, 0.29) is 0 Å². The third-order valence-electron chi connectivity index (χ3n) is 3.10. The Kier molecular flexibility index (Phi) is 3.10. The highest BCUT2D eigenvalue weighted by Gasteiger charge is 2.26. The summed E-state index contributed by atoms with van der Waals surface area (Å²) < 4.78 is 5.79. The maximum absolute atomic E-state index is 5.79. The Hall–Kier alpha value is -0.830. The molecule has 0 saturated heterocycles. The average molecular weight is 208 g/mol. The normalized spacial score (nSPS) is 20.7. The number of hydrogen-bond acceptors (Lipinski definition) is 3. The minimum absolute atomic E-state index is 0.383. The van der Waals surface area contributed by atoms with E-state index in [1.807, 2.05) is 0 Å². The summed E-state index contributed by atoms with van der Waals surface area (Å²) in [4.78, 5) is 4.63. The van der Waals surface area contributed by atoms with Crippen LogP contribution in [0.1, 0.15) is 62.3 Å². The van der Waals surface area contributed by atoms with Gasteiger partial charge in [0.2, 0.25) is 0 Å². The summed E-state index contributed by atoms with van der Waals surface area (Å²) in [5, 5.41) is 0. The molecular weight excluding hydrogens is 188 g/mol. The minimum Gasteiger partial charge on any atom is -0.445 e. The lowest BCUT2D eigenvalue weighted by atomic mass is 9.88. The number of aromatic nitrogens is 1. The molecular formula is C12H20N2O. The highest BCUT2D eigenvalue weighted by molar-refractivity contribution is 5.19. The molecule has 1 heterocycles. The molecule has 0 aliphatic heterocycles.